The average molecular weight is 339 g/mol. The van der Waals surface area contributed by atoms with Crippen molar-refractivity contribution in [3.63, 3.8) is 0 Å². The summed E-state index contributed by atoms with van der Waals surface area (Å²) < 4.78 is 13.9. The lowest BCUT2D eigenvalue weighted by Gasteiger charge is -2.42. The van der Waals surface area contributed by atoms with Crippen molar-refractivity contribution in [1.82, 2.24) is 0 Å². The Morgan fingerprint density at radius 1 is 0.947 bits per heavy atom. The predicted octanol–water partition coefficient (Wildman–Crippen LogP) is 5.69. The monoisotopic (exact) mass is 338 g/mol. The van der Waals surface area contributed by atoms with Crippen molar-refractivity contribution >= 4 is 46.9 Å². The molecule has 1 nitrogen and oxygen atoms in total. The fraction of sp³-hybridized carbons (Fsp3) is 0.571. The normalized spacial score (nSPS) is 13.9. The molecular weight excluding hydrogens is 317 g/mol. The van der Waals surface area contributed by atoms with Gasteiger partial charge in [0.1, 0.15) is 13.8 Å². The third-order valence-electron chi connectivity index (χ3n) is 3.29. The highest BCUT2D eigenvalue weighted by Gasteiger charge is 2.48. The minimum absolute atomic E-state index is 0.333. The summed E-state index contributed by atoms with van der Waals surface area (Å²) >= 11 is 12.2. The second-order valence-electron chi connectivity index (χ2n) is 6.67. The van der Waals surface area contributed by atoms with E-state index in [4.69, 9.17) is 22.5 Å². The van der Waals surface area contributed by atoms with Gasteiger partial charge in [-0.05, 0) is 0 Å². The summed E-state index contributed by atoms with van der Waals surface area (Å²) in [7, 11) is -2.68. The molecule has 0 aromatic heterocycles. The first-order valence-electron chi connectivity index (χ1n) is 6.24. The van der Waals surface area contributed by atoms with Gasteiger partial charge in [0.05, 0.1) is 0 Å². The van der Waals surface area contributed by atoms with Crippen LogP contribution in [0.25, 0.3) is 0 Å². The lowest BCUT2D eigenvalue weighted by molar-refractivity contribution is 0.528. The maximum atomic E-state index is 13.9. The Kier molecular flexibility index (Phi) is 5.24. The zero-order chi connectivity index (χ0) is 15.1. The number of benzene rings is 1. The lowest BCUT2D eigenvalue weighted by Crippen LogP contribution is -2.39. The molecule has 5 heteroatoms. The van der Waals surface area contributed by atoms with E-state index < -0.39 is 13.8 Å². The molecule has 108 valence electrons. The molecule has 0 radical (unpaired) electrons. The van der Waals surface area contributed by atoms with E-state index >= 15 is 0 Å². The van der Waals surface area contributed by atoms with Gasteiger partial charge in [0, 0.05) is 20.9 Å². The van der Waals surface area contributed by atoms with Crippen LogP contribution in [-0.4, -0.2) is 10.3 Å². The fourth-order valence-electron chi connectivity index (χ4n) is 2.60. The minimum Gasteiger partial charge on any atom is -0.317 e. The van der Waals surface area contributed by atoms with Gasteiger partial charge in [0.15, 0.2) is 0 Å². The molecule has 0 aliphatic rings. The van der Waals surface area contributed by atoms with Crippen LogP contribution in [0.2, 0.25) is 0 Å². The fourth-order valence-corrected chi connectivity index (χ4v) is 9.16. The van der Waals surface area contributed by atoms with Crippen LogP contribution in [0.15, 0.2) is 24.3 Å². The topological polar surface area (TPSA) is 17.1 Å². The third-order valence-corrected chi connectivity index (χ3v) is 10.2. The van der Waals surface area contributed by atoms with Gasteiger partial charge in [-0.15, -0.1) is 0 Å². The highest BCUT2D eigenvalue weighted by atomic mass is 35.9. The van der Waals surface area contributed by atoms with Crippen LogP contribution in [-0.2, 0) is 4.57 Å². The zero-order valence-electron chi connectivity index (χ0n) is 12.4. The Hall–Kier alpha value is 0.460. The molecule has 0 unspecified atom stereocenters. The summed E-state index contributed by atoms with van der Waals surface area (Å²) in [5.74, 6) is 0. The standard InChI is InChI=1S/C14H22Cl2OP2/c1-13(2,3)19(17,14(4,5)6)12-10-8-7-9-11(12)18(15)16/h7-10H,1-6H3. The highest BCUT2D eigenvalue weighted by molar-refractivity contribution is 8.09. The van der Waals surface area contributed by atoms with Crippen molar-refractivity contribution in [2.45, 2.75) is 51.9 Å². The van der Waals surface area contributed by atoms with E-state index in [9.17, 15) is 4.57 Å². The van der Waals surface area contributed by atoms with Crippen LogP contribution in [0.5, 0.6) is 0 Å². The van der Waals surface area contributed by atoms with Crippen molar-refractivity contribution in [1.29, 1.82) is 0 Å². The first-order valence-corrected chi connectivity index (χ1v) is 11.1. The van der Waals surface area contributed by atoms with E-state index in [0.717, 1.165) is 10.6 Å². The van der Waals surface area contributed by atoms with Crippen LogP contribution >= 0.6 is 36.3 Å². The van der Waals surface area contributed by atoms with E-state index in [2.05, 4.69) is 0 Å². The van der Waals surface area contributed by atoms with Crippen molar-refractivity contribution in [2.75, 3.05) is 0 Å². The molecule has 19 heavy (non-hydrogen) atoms. The molecule has 0 N–H and O–H groups in total. The van der Waals surface area contributed by atoms with Gasteiger partial charge in [-0.3, -0.25) is 0 Å². The van der Waals surface area contributed by atoms with Crippen molar-refractivity contribution in [2.24, 2.45) is 0 Å². The Morgan fingerprint density at radius 3 is 1.74 bits per heavy atom. The second-order valence-corrected chi connectivity index (χ2v) is 14.6. The number of hydrogen-bond acceptors (Lipinski definition) is 1. The van der Waals surface area contributed by atoms with Crippen molar-refractivity contribution in [3.05, 3.63) is 24.3 Å². The maximum absolute atomic E-state index is 13.9. The van der Waals surface area contributed by atoms with E-state index in [1.807, 2.05) is 65.8 Å². The molecular formula is C14H22Cl2OP2. The summed E-state index contributed by atoms with van der Waals surface area (Å²) in [4.78, 5) is 0. The summed E-state index contributed by atoms with van der Waals surface area (Å²) in [6.07, 6.45) is 0. The molecule has 0 spiro atoms. The van der Waals surface area contributed by atoms with E-state index in [1.54, 1.807) is 0 Å². The number of rotatable bonds is 2. The summed E-state index contributed by atoms with van der Waals surface area (Å²) in [5, 5.41) is 1.00. The zero-order valence-corrected chi connectivity index (χ0v) is 15.7. The van der Waals surface area contributed by atoms with Crippen LogP contribution < -0.4 is 10.6 Å². The molecule has 0 bridgehead atoms. The van der Waals surface area contributed by atoms with Gasteiger partial charge in [-0.2, -0.15) is 0 Å². The Bertz CT molecular complexity index is 481. The average Bonchev–Trinajstić information content (AvgIpc) is 2.24. The molecule has 0 aliphatic heterocycles. The van der Waals surface area contributed by atoms with Crippen LogP contribution in [0.1, 0.15) is 41.5 Å². The molecule has 0 fully saturated rings. The van der Waals surface area contributed by atoms with Crippen LogP contribution in [0, 0.1) is 0 Å². The van der Waals surface area contributed by atoms with E-state index in [0.29, 0.717) is 0 Å². The van der Waals surface area contributed by atoms with E-state index in [1.165, 1.54) is 0 Å². The summed E-state index contributed by atoms with van der Waals surface area (Å²) in [6, 6.07) is 7.63. The molecule has 0 amide bonds. The second kappa shape index (κ2) is 5.69. The van der Waals surface area contributed by atoms with Crippen molar-refractivity contribution in [3.8, 4) is 0 Å². The van der Waals surface area contributed by atoms with Gasteiger partial charge >= 0.3 is 0 Å². The van der Waals surface area contributed by atoms with Gasteiger partial charge < -0.3 is 4.57 Å². The molecule has 1 rings (SSSR count). The molecule has 1 aromatic carbocycles. The number of halogens is 2. The highest BCUT2D eigenvalue weighted by Crippen LogP contribution is 2.66. The lowest BCUT2D eigenvalue weighted by atomic mass is 10.2. The summed E-state index contributed by atoms with van der Waals surface area (Å²) in [6.45, 7) is 10.9. The predicted molar refractivity (Wildman–Crippen MR) is 91.4 cm³/mol. The largest absolute Gasteiger partial charge is 0.317 e. The first-order chi connectivity index (χ1) is 8.43. The minimum atomic E-state index is -2.68. The quantitative estimate of drug-likeness (QED) is 0.633. The molecule has 0 atom stereocenters. The summed E-state index contributed by atoms with van der Waals surface area (Å²) in [5.41, 5.74) is 0. The maximum Gasteiger partial charge on any atom is 0.126 e. The number of hydrogen-bond donors (Lipinski definition) is 0. The first kappa shape index (κ1) is 17.5. The SMILES string of the molecule is CC(C)(C)P(=O)(c1ccccc1P(Cl)Cl)C(C)(C)C. The van der Waals surface area contributed by atoms with Gasteiger partial charge in [-0.1, -0.05) is 88.3 Å². The third kappa shape index (κ3) is 3.21. The van der Waals surface area contributed by atoms with Crippen LogP contribution in [0.3, 0.4) is 0 Å². The van der Waals surface area contributed by atoms with Gasteiger partial charge in [-0.25, -0.2) is 0 Å². The van der Waals surface area contributed by atoms with Gasteiger partial charge in [0.2, 0.25) is 0 Å². The smallest absolute Gasteiger partial charge is 0.126 e. The molecule has 0 aliphatic carbocycles. The molecule has 0 saturated heterocycles. The Balaban J connectivity index is 3.68. The van der Waals surface area contributed by atoms with Crippen LogP contribution in [0.4, 0.5) is 0 Å². The molecule has 1 aromatic rings. The molecule has 0 heterocycles. The Morgan fingerprint density at radius 2 is 1.37 bits per heavy atom. The Labute approximate surface area is 127 Å². The van der Waals surface area contributed by atoms with Crippen molar-refractivity contribution < 1.29 is 4.57 Å². The van der Waals surface area contributed by atoms with E-state index in [-0.39, 0.29) is 10.3 Å². The van der Waals surface area contributed by atoms with Gasteiger partial charge in [0.25, 0.3) is 0 Å². The molecule has 0 saturated carbocycles.